The number of hydrogen-bond acceptors (Lipinski definition) is 4. The van der Waals surface area contributed by atoms with Crippen molar-refractivity contribution in [1.29, 1.82) is 0 Å². The van der Waals surface area contributed by atoms with Gasteiger partial charge in [-0.3, -0.25) is 29.0 Å². The number of hydrogen-bond donors (Lipinski definition) is 0. The molecule has 47 heavy (non-hydrogen) atoms. The Balaban J connectivity index is 0.00000250. The molecular weight excluding hydrogens is 724 g/mol. The van der Waals surface area contributed by atoms with Gasteiger partial charge in [-0.05, 0) is 67.5 Å². The van der Waals surface area contributed by atoms with E-state index in [1.807, 2.05) is 0 Å². The van der Waals surface area contributed by atoms with Crippen LogP contribution < -0.4 is 43.1 Å². The molecular formula is C37H38Br2N4O4. The lowest BCUT2D eigenvalue weighted by Crippen LogP contribution is -3.00. The lowest BCUT2D eigenvalue weighted by Gasteiger charge is -2.12. The largest absolute Gasteiger partial charge is 1.00 e. The van der Waals surface area contributed by atoms with Crippen molar-refractivity contribution in [2.45, 2.75) is 58.0 Å². The minimum atomic E-state index is -0.183. The summed E-state index contributed by atoms with van der Waals surface area (Å²) < 4.78 is 4.31. The van der Waals surface area contributed by atoms with Crippen molar-refractivity contribution >= 4 is 23.6 Å². The fraction of sp³-hybridized carbons (Fsp3) is 0.297. The second-order valence-electron chi connectivity index (χ2n) is 11.8. The third-order valence-electron chi connectivity index (χ3n) is 8.70. The number of imide groups is 2. The number of amides is 4. The maximum atomic E-state index is 12.5. The Morgan fingerprint density at radius 1 is 0.426 bits per heavy atom. The zero-order chi connectivity index (χ0) is 31.2. The van der Waals surface area contributed by atoms with E-state index in [1.165, 1.54) is 20.9 Å². The quantitative estimate of drug-likeness (QED) is 0.0901. The Kier molecular flexibility index (Phi) is 12.7. The van der Waals surface area contributed by atoms with E-state index in [-0.39, 0.29) is 57.6 Å². The molecule has 10 heteroatoms. The first-order valence-corrected chi connectivity index (χ1v) is 15.9. The Labute approximate surface area is 296 Å². The standard InChI is InChI=1S/C37H38N4O4.2BrH/c42-34-30-12-1-2-13-31(30)35(43)40(34)22-7-5-20-38-24-16-28(17-25-38)10-9-11-29-18-26-39(27-19-29)21-6-8-23-41-36(44)32-14-3-4-15-33(32)37(41)45;;/h1-4,12-19,24-27H,5-11,20-23H2;2*1H/q+2;;/p-2. The van der Waals surface area contributed by atoms with E-state index in [0.717, 1.165) is 58.0 Å². The first-order valence-electron chi connectivity index (χ1n) is 15.9. The van der Waals surface area contributed by atoms with Crippen LogP contribution in [0.5, 0.6) is 0 Å². The highest BCUT2D eigenvalue weighted by Crippen LogP contribution is 2.23. The Morgan fingerprint density at radius 2 is 0.745 bits per heavy atom. The van der Waals surface area contributed by atoms with Gasteiger partial charge in [-0.25, -0.2) is 9.13 Å². The molecule has 244 valence electrons. The maximum Gasteiger partial charge on any atom is 0.261 e. The molecule has 0 aliphatic carbocycles. The van der Waals surface area contributed by atoms with Crippen LogP contribution in [0.1, 0.15) is 84.7 Å². The first kappa shape index (κ1) is 35.8. The molecule has 0 bridgehead atoms. The zero-order valence-electron chi connectivity index (χ0n) is 26.2. The predicted octanol–water partition coefficient (Wildman–Crippen LogP) is -1.40. The van der Waals surface area contributed by atoms with Crippen molar-refractivity contribution in [3.05, 3.63) is 131 Å². The Hall–Kier alpha value is -4.02. The Morgan fingerprint density at radius 3 is 1.06 bits per heavy atom. The summed E-state index contributed by atoms with van der Waals surface area (Å²) >= 11 is 0. The number of aromatic nitrogens is 2. The second-order valence-corrected chi connectivity index (χ2v) is 11.8. The topological polar surface area (TPSA) is 82.5 Å². The van der Waals surface area contributed by atoms with Crippen molar-refractivity contribution in [3.63, 3.8) is 0 Å². The molecule has 2 aliphatic rings. The van der Waals surface area contributed by atoms with Gasteiger partial charge in [0.15, 0.2) is 24.8 Å². The summed E-state index contributed by atoms with van der Waals surface area (Å²) in [5.74, 6) is -0.733. The summed E-state index contributed by atoms with van der Waals surface area (Å²) in [5, 5.41) is 0. The summed E-state index contributed by atoms with van der Waals surface area (Å²) in [7, 11) is 0. The van der Waals surface area contributed by atoms with Crippen molar-refractivity contribution in [1.82, 2.24) is 9.80 Å². The van der Waals surface area contributed by atoms with Crippen LogP contribution in [-0.2, 0) is 25.9 Å². The minimum absolute atomic E-state index is 0. The summed E-state index contributed by atoms with van der Waals surface area (Å²) in [5.41, 5.74) is 4.65. The van der Waals surface area contributed by atoms with Crippen LogP contribution in [0.2, 0.25) is 0 Å². The molecule has 0 unspecified atom stereocenters. The lowest BCUT2D eigenvalue weighted by molar-refractivity contribution is -0.697. The van der Waals surface area contributed by atoms with Crippen LogP contribution in [0, 0.1) is 0 Å². The average Bonchev–Trinajstić information content (AvgIpc) is 3.46. The van der Waals surface area contributed by atoms with E-state index >= 15 is 0 Å². The molecule has 2 aromatic carbocycles. The number of carbonyl (C=O) groups is 4. The van der Waals surface area contributed by atoms with Crippen molar-refractivity contribution in [2.24, 2.45) is 0 Å². The highest BCUT2D eigenvalue weighted by atomic mass is 79.9. The molecule has 0 saturated carbocycles. The van der Waals surface area contributed by atoms with E-state index in [9.17, 15) is 19.2 Å². The monoisotopic (exact) mass is 760 g/mol. The molecule has 4 amide bonds. The van der Waals surface area contributed by atoms with Crippen molar-refractivity contribution in [3.8, 4) is 0 Å². The van der Waals surface area contributed by atoms with Crippen LogP contribution in [0.15, 0.2) is 97.6 Å². The fourth-order valence-corrected chi connectivity index (χ4v) is 6.12. The van der Waals surface area contributed by atoms with Gasteiger partial charge >= 0.3 is 0 Å². The summed E-state index contributed by atoms with van der Waals surface area (Å²) in [6.07, 6.45) is 14.8. The Bertz CT molecular complexity index is 1530. The van der Waals surface area contributed by atoms with Gasteiger partial charge in [0.2, 0.25) is 0 Å². The molecule has 0 N–H and O–H groups in total. The number of nitrogens with zero attached hydrogens (tertiary/aromatic N) is 4. The third kappa shape index (κ3) is 8.29. The van der Waals surface area contributed by atoms with Gasteiger partial charge in [0, 0.05) is 50.2 Å². The number of aryl methyl sites for hydroxylation is 4. The van der Waals surface area contributed by atoms with E-state index in [1.54, 1.807) is 48.5 Å². The van der Waals surface area contributed by atoms with Crippen LogP contribution in [-0.4, -0.2) is 46.5 Å². The SMILES string of the molecule is O=C1c2ccccc2C(=O)N1CCCC[n+]1ccc(CCCc2cc[n+](CCCCN3C(=O)c4ccccc4C3=O)cc2)cc1.[Br-].[Br-]. The number of fused-ring (bicyclic) bond motifs is 2. The van der Waals surface area contributed by atoms with Gasteiger partial charge in [-0.1, -0.05) is 24.3 Å². The van der Waals surface area contributed by atoms with Crippen LogP contribution in [0.3, 0.4) is 0 Å². The average molecular weight is 763 g/mol. The van der Waals surface area contributed by atoms with Gasteiger partial charge in [-0.15, -0.1) is 0 Å². The molecule has 0 saturated heterocycles. The maximum absolute atomic E-state index is 12.5. The normalized spacial score (nSPS) is 13.4. The molecule has 0 radical (unpaired) electrons. The van der Waals surface area contributed by atoms with Crippen LogP contribution in [0.25, 0.3) is 0 Å². The molecule has 0 spiro atoms. The van der Waals surface area contributed by atoms with Crippen LogP contribution >= 0.6 is 0 Å². The summed E-state index contributed by atoms with van der Waals surface area (Å²) in [6.45, 7) is 2.58. The number of pyridine rings is 2. The van der Waals surface area contributed by atoms with Gasteiger partial charge in [0.1, 0.15) is 13.1 Å². The van der Waals surface area contributed by atoms with Gasteiger partial charge < -0.3 is 34.0 Å². The number of unbranched alkanes of at least 4 members (excludes halogenated alkanes) is 2. The third-order valence-corrected chi connectivity index (χ3v) is 8.70. The smallest absolute Gasteiger partial charge is 0.261 e. The fourth-order valence-electron chi connectivity index (χ4n) is 6.12. The minimum Gasteiger partial charge on any atom is -1.00 e. The molecule has 0 fully saturated rings. The number of carbonyl (C=O) groups excluding carboxylic acids is 4. The summed E-state index contributed by atoms with van der Waals surface area (Å²) in [4.78, 5) is 52.8. The summed E-state index contributed by atoms with van der Waals surface area (Å²) in [6, 6.07) is 22.7. The predicted molar refractivity (Wildman–Crippen MR) is 167 cm³/mol. The van der Waals surface area contributed by atoms with E-state index in [2.05, 4.69) is 58.2 Å². The van der Waals surface area contributed by atoms with E-state index in [0.29, 0.717) is 35.3 Å². The molecule has 8 nitrogen and oxygen atoms in total. The number of benzene rings is 2. The molecule has 4 heterocycles. The highest BCUT2D eigenvalue weighted by molar-refractivity contribution is 6.22. The van der Waals surface area contributed by atoms with Gasteiger partial charge in [0.05, 0.1) is 22.3 Å². The van der Waals surface area contributed by atoms with Gasteiger partial charge in [-0.2, -0.15) is 0 Å². The highest BCUT2D eigenvalue weighted by Gasteiger charge is 2.35. The number of rotatable bonds is 14. The lowest BCUT2D eigenvalue weighted by atomic mass is 10.1. The number of halogens is 2. The zero-order valence-corrected chi connectivity index (χ0v) is 29.4. The van der Waals surface area contributed by atoms with Gasteiger partial charge in [0.25, 0.3) is 23.6 Å². The molecule has 6 rings (SSSR count). The van der Waals surface area contributed by atoms with E-state index < -0.39 is 0 Å². The molecule has 2 aliphatic heterocycles. The molecule has 0 atom stereocenters. The van der Waals surface area contributed by atoms with Crippen molar-refractivity contribution < 1.29 is 62.3 Å². The van der Waals surface area contributed by atoms with Crippen LogP contribution in [0.4, 0.5) is 0 Å². The molecule has 2 aromatic heterocycles. The van der Waals surface area contributed by atoms with E-state index in [4.69, 9.17) is 0 Å². The first-order chi connectivity index (χ1) is 22.0. The molecule has 4 aromatic rings. The second kappa shape index (κ2) is 16.7. The van der Waals surface area contributed by atoms with Crippen molar-refractivity contribution in [2.75, 3.05) is 13.1 Å².